The van der Waals surface area contributed by atoms with Crippen LogP contribution in [-0.4, -0.2) is 35.1 Å². The van der Waals surface area contributed by atoms with Gasteiger partial charge in [0.15, 0.2) is 11.5 Å². The number of carboxylic acids is 1. The summed E-state index contributed by atoms with van der Waals surface area (Å²) in [6, 6.07) is 11.1. The van der Waals surface area contributed by atoms with Crippen molar-refractivity contribution in [1.29, 1.82) is 0 Å². The maximum absolute atomic E-state index is 11.6. The highest BCUT2D eigenvalue weighted by molar-refractivity contribution is 5.91. The van der Waals surface area contributed by atoms with Crippen LogP contribution in [0, 0.1) is 13.8 Å². The predicted molar refractivity (Wildman–Crippen MR) is 127 cm³/mol. The van der Waals surface area contributed by atoms with Gasteiger partial charge < -0.3 is 28.5 Å². The number of aromatic nitrogens is 1. The normalized spacial score (nSPS) is 19.1. The van der Waals surface area contributed by atoms with Crippen molar-refractivity contribution in [3.63, 3.8) is 0 Å². The fraction of sp³-hybridized carbons (Fsp3) is 0.407. The van der Waals surface area contributed by atoms with Gasteiger partial charge in [0.05, 0.1) is 31.0 Å². The highest BCUT2D eigenvalue weighted by atomic mass is 16.7. The second-order valence-electron chi connectivity index (χ2n) is 9.04. The van der Waals surface area contributed by atoms with Crippen LogP contribution < -0.4 is 9.47 Å². The third kappa shape index (κ3) is 5.18. The number of hydrogen-bond acceptors (Lipinski definition) is 7. The van der Waals surface area contributed by atoms with Crippen LogP contribution in [0.5, 0.6) is 11.5 Å². The minimum Gasteiger partial charge on any atom is -0.478 e. The zero-order chi connectivity index (χ0) is 24.4. The van der Waals surface area contributed by atoms with Gasteiger partial charge in [0.2, 0.25) is 12.7 Å². The van der Waals surface area contributed by atoms with Gasteiger partial charge in [-0.15, -0.1) is 0 Å². The van der Waals surface area contributed by atoms with E-state index in [0.29, 0.717) is 29.4 Å². The van der Waals surface area contributed by atoms with E-state index >= 15 is 0 Å². The number of carboxylic acid groups (broad SMARTS) is 1. The molecule has 2 aromatic carbocycles. The topological polar surface area (TPSA) is 100 Å². The molecule has 3 aromatic rings. The van der Waals surface area contributed by atoms with E-state index in [9.17, 15) is 9.90 Å². The lowest BCUT2D eigenvalue weighted by molar-refractivity contribution is -0.0564. The molecule has 5 rings (SSSR count). The summed E-state index contributed by atoms with van der Waals surface area (Å²) in [7, 11) is 0. The molecule has 1 saturated carbocycles. The number of fused-ring (bicyclic) bond motifs is 1. The number of ether oxygens (including phenoxy) is 4. The molecule has 184 valence electrons. The molecule has 1 aromatic heterocycles. The Balaban J connectivity index is 1.17. The standard InChI is InChI=1S/C27H29NO7/c1-16-5-3-6-19(25(16)27(29)30)13-31-20-7-4-8-21(12-20)32-14-22-17(2)35-26(28-22)18-9-10-23-24(11-18)34-15-33-23/h3,5-6,9-11,20-21H,4,7-8,12-15H2,1-2H3,(H,29,30). The second kappa shape index (κ2) is 10.1. The van der Waals surface area contributed by atoms with Crippen molar-refractivity contribution in [3.05, 3.63) is 64.5 Å². The molecular weight excluding hydrogens is 450 g/mol. The Kier molecular flexibility index (Phi) is 6.74. The second-order valence-corrected chi connectivity index (χ2v) is 9.04. The van der Waals surface area contributed by atoms with E-state index in [4.69, 9.17) is 23.4 Å². The molecule has 2 unspecified atom stereocenters. The maximum Gasteiger partial charge on any atom is 0.336 e. The van der Waals surface area contributed by atoms with Gasteiger partial charge in [-0.25, -0.2) is 9.78 Å². The Morgan fingerprint density at radius 1 is 1.06 bits per heavy atom. The Morgan fingerprint density at radius 3 is 2.63 bits per heavy atom. The number of oxazole rings is 1. The number of aromatic carboxylic acids is 1. The number of rotatable bonds is 8. The van der Waals surface area contributed by atoms with E-state index in [1.54, 1.807) is 13.0 Å². The van der Waals surface area contributed by atoms with Crippen LogP contribution in [0.4, 0.5) is 0 Å². The van der Waals surface area contributed by atoms with E-state index in [-0.39, 0.29) is 25.6 Å². The Bertz CT molecular complexity index is 1220. The molecule has 8 nitrogen and oxygen atoms in total. The highest BCUT2D eigenvalue weighted by Crippen LogP contribution is 2.36. The molecular formula is C27H29NO7. The first-order chi connectivity index (χ1) is 17.0. The largest absolute Gasteiger partial charge is 0.478 e. The van der Waals surface area contributed by atoms with Crippen LogP contribution in [0.25, 0.3) is 11.5 Å². The number of hydrogen-bond donors (Lipinski definition) is 1. The van der Waals surface area contributed by atoms with E-state index in [0.717, 1.165) is 54.0 Å². The molecule has 0 amide bonds. The van der Waals surface area contributed by atoms with Crippen molar-refractivity contribution < 1.29 is 33.3 Å². The summed E-state index contributed by atoms with van der Waals surface area (Å²) in [5.41, 5.74) is 3.37. The first-order valence-corrected chi connectivity index (χ1v) is 11.9. The van der Waals surface area contributed by atoms with E-state index in [1.165, 1.54) is 0 Å². The maximum atomic E-state index is 11.6. The van der Waals surface area contributed by atoms with Crippen molar-refractivity contribution in [3.8, 4) is 23.0 Å². The van der Waals surface area contributed by atoms with Crippen molar-refractivity contribution >= 4 is 5.97 Å². The van der Waals surface area contributed by atoms with Crippen molar-refractivity contribution in [2.45, 2.75) is 65.0 Å². The quantitative estimate of drug-likeness (QED) is 0.457. The molecule has 8 heteroatoms. The first kappa shape index (κ1) is 23.4. The molecule has 0 spiro atoms. The lowest BCUT2D eigenvalue weighted by Crippen LogP contribution is -2.28. The number of aryl methyl sites for hydroxylation is 2. The molecule has 0 bridgehead atoms. The van der Waals surface area contributed by atoms with Crippen LogP contribution in [0.1, 0.15) is 58.6 Å². The first-order valence-electron chi connectivity index (χ1n) is 11.9. The van der Waals surface area contributed by atoms with Gasteiger partial charge in [-0.2, -0.15) is 0 Å². The fourth-order valence-corrected chi connectivity index (χ4v) is 4.68. The van der Waals surface area contributed by atoms with Gasteiger partial charge in [-0.1, -0.05) is 18.2 Å². The summed E-state index contributed by atoms with van der Waals surface area (Å²) in [6.45, 7) is 4.55. The Labute approximate surface area is 203 Å². The fourth-order valence-electron chi connectivity index (χ4n) is 4.68. The van der Waals surface area contributed by atoms with Crippen molar-refractivity contribution in [1.82, 2.24) is 4.98 Å². The number of carbonyl (C=O) groups is 1. The van der Waals surface area contributed by atoms with Gasteiger partial charge in [0, 0.05) is 5.56 Å². The molecule has 0 saturated heterocycles. The van der Waals surface area contributed by atoms with Gasteiger partial charge in [-0.05, 0) is 68.9 Å². The molecule has 2 aliphatic rings. The number of benzene rings is 2. The van der Waals surface area contributed by atoms with Crippen LogP contribution in [0.2, 0.25) is 0 Å². The molecule has 1 aliphatic heterocycles. The van der Waals surface area contributed by atoms with Crippen LogP contribution in [0.15, 0.2) is 40.8 Å². The highest BCUT2D eigenvalue weighted by Gasteiger charge is 2.25. The minimum atomic E-state index is -0.922. The average molecular weight is 480 g/mol. The van der Waals surface area contributed by atoms with E-state index < -0.39 is 5.97 Å². The molecule has 1 N–H and O–H groups in total. The van der Waals surface area contributed by atoms with Crippen LogP contribution in [-0.2, 0) is 22.7 Å². The van der Waals surface area contributed by atoms with Crippen molar-refractivity contribution in [2.24, 2.45) is 0 Å². The third-order valence-electron chi connectivity index (χ3n) is 6.59. The van der Waals surface area contributed by atoms with Gasteiger partial charge in [-0.3, -0.25) is 0 Å². The Hall–Kier alpha value is -3.36. The molecule has 1 aliphatic carbocycles. The zero-order valence-corrected chi connectivity index (χ0v) is 19.9. The summed E-state index contributed by atoms with van der Waals surface area (Å²) in [6.07, 6.45) is 3.73. The molecule has 1 fully saturated rings. The van der Waals surface area contributed by atoms with E-state index in [2.05, 4.69) is 4.98 Å². The Morgan fingerprint density at radius 2 is 1.83 bits per heavy atom. The monoisotopic (exact) mass is 479 g/mol. The molecule has 2 atom stereocenters. The summed E-state index contributed by atoms with van der Waals surface area (Å²) in [4.78, 5) is 16.3. The van der Waals surface area contributed by atoms with Gasteiger partial charge in [0.25, 0.3) is 0 Å². The summed E-state index contributed by atoms with van der Waals surface area (Å²) < 4.78 is 29.0. The summed E-state index contributed by atoms with van der Waals surface area (Å²) in [5.74, 6) is 1.73. The molecule has 2 heterocycles. The number of nitrogens with zero attached hydrogens (tertiary/aromatic N) is 1. The van der Waals surface area contributed by atoms with Crippen LogP contribution in [0.3, 0.4) is 0 Å². The smallest absolute Gasteiger partial charge is 0.336 e. The zero-order valence-electron chi connectivity index (χ0n) is 19.9. The molecule has 35 heavy (non-hydrogen) atoms. The SMILES string of the molecule is Cc1cccc(COC2CCCC(OCc3nc(-c4ccc5c(c4)OCO5)oc3C)C2)c1C(=O)O. The summed E-state index contributed by atoms with van der Waals surface area (Å²) >= 11 is 0. The van der Waals surface area contributed by atoms with Gasteiger partial charge >= 0.3 is 5.97 Å². The lowest BCUT2D eigenvalue weighted by atomic mass is 9.94. The van der Waals surface area contributed by atoms with Gasteiger partial charge in [0.1, 0.15) is 11.5 Å². The molecule has 0 radical (unpaired) electrons. The predicted octanol–water partition coefficient (Wildman–Crippen LogP) is 5.43. The minimum absolute atomic E-state index is 0.0264. The van der Waals surface area contributed by atoms with E-state index in [1.807, 2.05) is 37.3 Å². The van der Waals surface area contributed by atoms with Crippen LogP contribution >= 0.6 is 0 Å². The lowest BCUT2D eigenvalue weighted by Gasteiger charge is -2.29. The summed E-state index contributed by atoms with van der Waals surface area (Å²) in [5, 5.41) is 9.54. The third-order valence-corrected chi connectivity index (χ3v) is 6.59. The van der Waals surface area contributed by atoms with Crippen molar-refractivity contribution in [2.75, 3.05) is 6.79 Å². The average Bonchev–Trinajstić information content (AvgIpc) is 3.47.